The summed E-state index contributed by atoms with van der Waals surface area (Å²) in [6, 6.07) is 74.3. The second-order valence-electron chi connectivity index (χ2n) is 16.0. The summed E-state index contributed by atoms with van der Waals surface area (Å²) in [7, 11) is 0. The minimum Gasteiger partial charge on any atom is -0.308 e. The summed E-state index contributed by atoms with van der Waals surface area (Å²) in [4.78, 5) is 20.9. The number of benzene rings is 8. The van der Waals surface area contributed by atoms with Gasteiger partial charge in [-0.15, -0.1) is 0 Å². The molecule has 0 amide bonds. The molecule has 3 aromatic heterocycles. The maximum atomic E-state index is 11.0. The maximum Gasteiger partial charge on any atom is 0.160 e. The van der Waals surface area contributed by atoms with Crippen molar-refractivity contribution in [1.29, 1.82) is 15.8 Å². The van der Waals surface area contributed by atoms with Gasteiger partial charge in [0.15, 0.2) is 11.6 Å². The van der Waals surface area contributed by atoms with Gasteiger partial charge < -0.3 is 4.57 Å². The number of fused-ring (bicyclic) bond motifs is 3. The molecule has 3 heterocycles. The van der Waals surface area contributed by atoms with E-state index in [-0.39, 0.29) is 0 Å². The molecule has 67 heavy (non-hydrogen) atoms. The highest BCUT2D eigenvalue weighted by atomic mass is 15.0. The highest BCUT2D eigenvalue weighted by Gasteiger charge is 2.25. The normalized spacial score (nSPS) is 10.9. The Labute approximate surface area is 386 Å². The third-order valence-corrected chi connectivity index (χ3v) is 11.9. The SMILES string of the molecule is N#Cc1ccc(-c2ccc3c4ccccc4n(-c4c(-c5cc(-c6ccccc6)nc(-c6ccccc6)n5)cc(C#N)cc4-c4cc(-c5ccccc5)nc(-c5ccccc5)n4)c3c2)c(C#N)c1. The minimum absolute atomic E-state index is 0.395. The number of para-hydroxylation sites is 1. The highest BCUT2D eigenvalue weighted by Crippen LogP contribution is 2.44. The van der Waals surface area contributed by atoms with Crippen LogP contribution in [0.15, 0.2) is 206 Å². The van der Waals surface area contributed by atoms with Crippen LogP contribution in [0.2, 0.25) is 0 Å². The van der Waals surface area contributed by atoms with Crippen molar-refractivity contribution in [3.63, 3.8) is 0 Å². The number of hydrogen-bond acceptors (Lipinski definition) is 7. The van der Waals surface area contributed by atoms with Gasteiger partial charge in [0.25, 0.3) is 0 Å². The average Bonchev–Trinajstić information content (AvgIpc) is 3.74. The van der Waals surface area contributed by atoms with E-state index in [9.17, 15) is 15.8 Å². The number of rotatable bonds is 8. The largest absolute Gasteiger partial charge is 0.308 e. The fourth-order valence-corrected chi connectivity index (χ4v) is 8.78. The van der Waals surface area contributed by atoms with Crippen LogP contribution in [0.25, 0.3) is 106 Å². The lowest BCUT2D eigenvalue weighted by Gasteiger charge is -2.20. The van der Waals surface area contributed by atoms with E-state index in [1.165, 1.54) is 0 Å². The van der Waals surface area contributed by atoms with E-state index in [0.717, 1.165) is 55.3 Å². The third kappa shape index (κ3) is 7.41. The Kier molecular flexibility index (Phi) is 10.2. The zero-order valence-corrected chi connectivity index (χ0v) is 35.7. The van der Waals surface area contributed by atoms with Gasteiger partial charge in [-0.05, 0) is 59.7 Å². The fourth-order valence-electron chi connectivity index (χ4n) is 8.78. The molecule has 0 saturated heterocycles. The van der Waals surface area contributed by atoms with Crippen molar-refractivity contribution in [3.8, 4) is 103 Å². The van der Waals surface area contributed by atoms with Crippen LogP contribution in [0, 0.1) is 34.0 Å². The van der Waals surface area contributed by atoms with Gasteiger partial charge in [0.1, 0.15) is 0 Å². The Morgan fingerprint density at radius 2 is 0.806 bits per heavy atom. The summed E-state index contributed by atoms with van der Waals surface area (Å²) in [5.74, 6) is 1.06. The quantitative estimate of drug-likeness (QED) is 0.149. The van der Waals surface area contributed by atoms with Crippen LogP contribution in [-0.4, -0.2) is 24.5 Å². The lowest BCUT2D eigenvalue weighted by atomic mass is 9.95. The van der Waals surface area contributed by atoms with E-state index in [1.807, 2.05) is 170 Å². The molecule has 8 heteroatoms. The first-order valence-corrected chi connectivity index (χ1v) is 21.6. The van der Waals surface area contributed by atoms with E-state index in [0.29, 0.717) is 67.8 Å². The molecule has 0 aliphatic rings. The number of nitrogens with zero attached hydrogens (tertiary/aromatic N) is 8. The van der Waals surface area contributed by atoms with Crippen LogP contribution in [-0.2, 0) is 0 Å². The number of nitriles is 3. The van der Waals surface area contributed by atoms with E-state index in [1.54, 1.807) is 12.1 Å². The standard InChI is InChI=1S/C59H34N8/c60-35-38-25-27-46(45(29-38)37-62)44-26-28-48-47-23-13-14-24-55(47)67(56(48)32-44)57-49(53-33-51(40-15-5-1-6-16-40)63-58(65-53)42-19-9-3-10-20-42)30-39(36-61)31-50(57)54-34-52(41-17-7-2-8-18-41)64-59(66-54)43-21-11-4-12-22-43/h1-34H. The topological polar surface area (TPSA) is 128 Å². The van der Waals surface area contributed by atoms with Crippen LogP contribution >= 0.6 is 0 Å². The first-order chi connectivity index (χ1) is 33.1. The van der Waals surface area contributed by atoms with Crippen molar-refractivity contribution < 1.29 is 0 Å². The Hall–Kier alpha value is -9.81. The lowest BCUT2D eigenvalue weighted by molar-refractivity contribution is 1.14. The molecule has 8 aromatic carbocycles. The first-order valence-electron chi connectivity index (χ1n) is 21.6. The molecule has 0 aliphatic heterocycles. The van der Waals surface area contributed by atoms with E-state index >= 15 is 0 Å². The predicted molar refractivity (Wildman–Crippen MR) is 264 cm³/mol. The molecule has 0 bridgehead atoms. The summed E-state index contributed by atoms with van der Waals surface area (Å²) in [6.07, 6.45) is 0. The van der Waals surface area contributed by atoms with Gasteiger partial charge in [-0.25, -0.2) is 19.9 Å². The number of aromatic nitrogens is 5. The van der Waals surface area contributed by atoms with Crippen molar-refractivity contribution in [1.82, 2.24) is 24.5 Å². The molecule has 11 rings (SSSR count). The van der Waals surface area contributed by atoms with Crippen LogP contribution in [0.4, 0.5) is 0 Å². The molecule has 0 radical (unpaired) electrons. The molecule has 8 nitrogen and oxygen atoms in total. The molecule has 11 aromatic rings. The van der Waals surface area contributed by atoms with Gasteiger partial charge in [0.2, 0.25) is 0 Å². The van der Waals surface area contributed by atoms with Crippen molar-refractivity contribution in [3.05, 3.63) is 223 Å². The Morgan fingerprint density at radius 3 is 1.33 bits per heavy atom. The van der Waals surface area contributed by atoms with Gasteiger partial charge in [0, 0.05) is 44.2 Å². The molecule has 0 atom stereocenters. The van der Waals surface area contributed by atoms with Crippen LogP contribution in [0.1, 0.15) is 16.7 Å². The molecular formula is C59H34N8. The van der Waals surface area contributed by atoms with Crippen molar-refractivity contribution in [2.75, 3.05) is 0 Å². The summed E-state index contributed by atoms with van der Waals surface area (Å²) in [5.41, 5.74) is 12.7. The van der Waals surface area contributed by atoms with Crippen molar-refractivity contribution >= 4 is 21.8 Å². The molecule has 0 unspecified atom stereocenters. The molecule has 310 valence electrons. The van der Waals surface area contributed by atoms with E-state index in [2.05, 4.69) is 47.0 Å². The third-order valence-electron chi connectivity index (χ3n) is 11.9. The molecule has 0 saturated carbocycles. The second kappa shape index (κ2) is 17.1. The van der Waals surface area contributed by atoms with Gasteiger partial charge >= 0.3 is 0 Å². The maximum absolute atomic E-state index is 11.0. The Bertz CT molecular complexity index is 3560. The Morgan fingerprint density at radius 1 is 0.328 bits per heavy atom. The van der Waals surface area contributed by atoms with Gasteiger partial charge in [0.05, 0.1) is 74.4 Å². The lowest BCUT2D eigenvalue weighted by Crippen LogP contribution is -2.05. The minimum atomic E-state index is 0.395. The molecule has 0 fully saturated rings. The van der Waals surface area contributed by atoms with Crippen molar-refractivity contribution in [2.45, 2.75) is 0 Å². The predicted octanol–water partition coefficient (Wildman–Crippen LogP) is 13.6. The molecule has 0 spiro atoms. The fraction of sp³-hybridized carbons (Fsp3) is 0. The number of hydrogen-bond donors (Lipinski definition) is 0. The summed E-state index contributed by atoms with van der Waals surface area (Å²) < 4.78 is 2.23. The van der Waals surface area contributed by atoms with E-state index < -0.39 is 0 Å². The van der Waals surface area contributed by atoms with Crippen molar-refractivity contribution in [2.24, 2.45) is 0 Å². The summed E-state index contributed by atoms with van der Waals surface area (Å²) in [5, 5.41) is 33.0. The molecular weight excluding hydrogens is 821 g/mol. The molecule has 0 aliphatic carbocycles. The Balaban J connectivity index is 1.30. The van der Waals surface area contributed by atoms with Crippen LogP contribution in [0.3, 0.4) is 0 Å². The summed E-state index contributed by atoms with van der Waals surface area (Å²) >= 11 is 0. The monoisotopic (exact) mass is 854 g/mol. The van der Waals surface area contributed by atoms with Gasteiger partial charge in [-0.2, -0.15) is 15.8 Å². The molecule has 0 N–H and O–H groups in total. The first kappa shape index (κ1) is 40.0. The average molecular weight is 855 g/mol. The second-order valence-corrected chi connectivity index (χ2v) is 16.0. The van der Waals surface area contributed by atoms with Gasteiger partial charge in [-0.3, -0.25) is 0 Å². The van der Waals surface area contributed by atoms with Gasteiger partial charge in [-0.1, -0.05) is 158 Å². The van der Waals surface area contributed by atoms with Crippen LogP contribution < -0.4 is 0 Å². The smallest absolute Gasteiger partial charge is 0.160 e. The summed E-state index contributed by atoms with van der Waals surface area (Å²) in [6.45, 7) is 0. The zero-order chi connectivity index (χ0) is 45.3. The highest BCUT2D eigenvalue weighted by molar-refractivity contribution is 6.11. The zero-order valence-electron chi connectivity index (χ0n) is 35.7. The van der Waals surface area contributed by atoms with Crippen LogP contribution in [0.5, 0.6) is 0 Å². The van der Waals surface area contributed by atoms with E-state index in [4.69, 9.17) is 19.9 Å².